The maximum Gasteiger partial charge on any atom is 0.238 e. The smallest absolute Gasteiger partial charge is 0.238 e. The number of hydrogen-bond acceptors (Lipinski definition) is 4. The SMILES string of the molecule is CCN(CC(=O)Nc1ccccc1C#N)CC(C)(C)CN. The van der Waals surface area contributed by atoms with Crippen LogP contribution >= 0.6 is 0 Å². The summed E-state index contributed by atoms with van der Waals surface area (Å²) in [6.07, 6.45) is 0. The van der Waals surface area contributed by atoms with Crippen LogP contribution in [0.5, 0.6) is 0 Å². The minimum absolute atomic E-state index is 0.0269. The van der Waals surface area contributed by atoms with Gasteiger partial charge >= 0.3 is 0 Å². The van der Waals surface area contributed by atoms with Crippen molar-refractivity contribution in [3.63, 3.8) is 0 Å². The third-order valence-electron chi connectivity index (χ3n) is 3.34. The molecule has 1 aromatic rings. The van der Waals surface area contributed by atoms with Gasteiger partial charge in [-0.1, -0.05) is 32.9 Å². The average molecular weight is 288 g/mol. The predicted octanol–water partition coefficient (Wildman–Crippen LogP) is 1.80. The summed E-state index contributed by atoms with van der Waals surface area (Å²) in [6.45, 7) is 8.58. The highest BCUT2D eigenvalue weighted by Crippen LogP contribution is 2.16. The van der Waals surface area contributed by atoms with Crippen LogP contribution in [0, 0.1) is 16.7 Å². The Bertz CT molecular complexity index is 519. The lowest BCUT2D eigenvalue weighted by molar-refractivity contribution is -0.117. The number of para-hydroxylation sites is 1. The zero-order valence-electron chi connectivity index (χ0n) is 13.0. The molecule has 1 rings (SSSR count). The Hall–Kier alpha value is -1.90. The lowest BCUT2D eigenvalue weighted by Gasteiger charge is -2.30. The largest absolute Gasteiger partial charge is 0.330 e. The highest BCUT2D eigenvalue weighted by Gasteiger charge is 2.21. The van der Waals surface area contributed by atoms with E-state index in [2.05, 4.69) is 30.1 Å². The lowest BCUT2D eigenvalue weighted by atomic mass is 9.93. The van der Waals surface area contributed by atoms with Crippen molar-refractivity contribution in [2.75, 3.05) is 31.5 Å². The molecule has 0 aromatic heterocycles. The van der Waals surface area contributed by atoms with Crippen molar-refractivity contribution in [1.29, 1.82) is 5.26 Å². The molecule has 5 heteroatoms. The van der Waals surface area contributed by atoms with E-state index in [1.54, 1.807) is 24.3 Å². The molecular formula is C16H24N4O. The fourth-order valence-electron chi connectivity index (χ4n) is 2.03. The van der Waals surface area contributed by atoms with Gasteiger partial charge in [0.15, 0.2) is 0 Å². The van der Waals surface area contributed by atoms with Crippen molar-refractivity contribution in [2.24, 2.45) is 11.1 Å². The van der Waals surface area contributed by atoms with Gasteiger partial charge in [0.05, 0.1) is 17.8 Å². The number of carbonyl (C=O) groups is 1. The number of hydrogen-bond donors (Lipinski definition) is 2. The number of anilines is 1. The minimum atomic E-state index is -0.118. The number of carbonyl (C=O) groups excluding carboxylic acids is 1. The molecule has 0 fully saturated rings. The van der Waals surface area contributed by atoms with E-state index in [4.69, 9.17) is 11.0 Å². The maximum absolute atomic E-state index is 12.1. The third-order valence-corrected chi connectivity index (χ3v) is 3.34. The molecule has 1 amide bonds. The molecular weight excluding hydrogens is 264 g/mol. The summed E-state index contributed by atoms with van der Waals surface area (Å²) >= 11 is 0. The molecule has 0 aliphatic heterocycles. The Kier molecular flexibility index (Phi) is 6.35. The molecule has 0 aliphatic rings. The Morgan fingerprint density at radius 3 is 2.67 bits per heavy atom. The molecule has 0 radical (unpaired) electrons. The molecule has 0 unspecified atom stereocenters. The van der Waals surface area contributed by atoms with Crippen LogP contribution in [-0.4, -0.2) is 37.0 Å². The number of benzene rings is 1. The van der Waals surface area contributed by atoms with Gasteiger partial charge in [0.1, 0.15) is 6.07 Å². The van der Waals surface area contributed by atoms with E-state index < -0.39 is 0 Å². The lowest BCUT2D eigenvalue weighted by Crippen LogP contribution is -2.42. The Morgan fingerprint density at radius 2 is 2.10 bits per heavy atom. The summed E-state index contributed by atoms with van der Waals surface area (Å²) < 4.78 is 0. The third kappa shape index (κ3) is 5.54. The van der Waals surface area contributed by atoms with E-state index in [-0.39, 0.29) is 11.3 Å². The fraction of sp³-hybridized carbons (Fsp3) is 0.500. The van der Waals surface area contributed by atoms with Gasteiger partial charge in [0, 0.05) is 6.54 Å². The van der Waals surface area contributed by atoms with Crippen LogP contribution in [0.15, 0.2) is 24.3 Å². The van der Waals surface area contributed by atoms with Gasteiger partial charge in [-0.15, -0.1) is 0 Å². The van der Waals surface area contributed by atoms with Gasteiger partial charge in [-0.25, -0.2) is 0 Å². The van der Waals surface area contributed by atoms with Crippen molar-refractivity contribution < 1.29 is 4.79 Å². The first-order valence-corrected chi connectivity index (χ1v) is 7.13. The molecule has 0 saturated carbocycles. The van der Waals surface area contributed by atoms with Crippen LogP contribution in [0.1, 0.15) is 26.3 Å². The van der Waals surface area contributed by atoms with Crippen LogP contribution in [0.2, 0.25) is 0 Å². The van der Waals surface area contributed by atoms with Gasteiger partial charge in [0.2, 0.25) is 5.91 Å². The second-order valence-corrected chi connectivity index (χ2v) is 5.88. The Morgan fingerprint density at radius 1 is 1.43 bits per heavy atom. The first-order valence-electron chi connectivity index (χ1n) is 7.13. The van der Waals surface area contributed by atoms with Crippen molar-refractivity contribution in [3.05, 3.63) is 29.8 Å². The zero-order valence-corrected chi connectivity index (χ0v) is 13.0. The van der Waals surface area contributed by atoms with Crippen LogP contribution in [0.3, 0.4) is 0 Å². The molecule has 0 spiro atoms. The van der Waals surface area contributed by atoms with Crippen LogP contribution in [0.25, 0.3) is 0 Å². The highest BCUT2D eigenvalue weighted by molar-refractivity contribution is 5.93. The molecule has 0 atom stereocenters. The van der Waals surface area contributed by atoms with Crippen LogP contribution in [0.4, 0.5) is 5.69 Å². The van der Waals surface area contributed by atoms with Gasteiger partial charge in [0.25, 0.3) is 0 Å². The number of nitrogens with two attached hydrogens (primary N) is 1. The van der Waals surface area contributed by atoms with Crippen molar-refractivity contribution in [3.8, 4) is 6.07 Å². The summed E-state index contributed by atoms with van der Waals surface area (Å²) in [4.78, 5) is 14.2. The Labute approximate surface area is 126 Å². The molecule has 0 heterocycles. The van der Waals surface area contributed by atoms with Gasteiger partial charge < -0.3 is 11.1 Å². The molecule has 0 saturated heterocycles. The molecule has 1 aromatic carbocycles. The summed E-state index contributed by atoms with van der Waals surface area (Å²) in [5, 5.41) is 11.8. The molecule has 0 bridgehead atoms. The quantitative estimate of drug-likeness (QED) is 0.801. The molecule has 114 valence electrons. The maximum atomic E-state index is 12.1. The summed E-state index contributed by atoms with van der Waals surface area (Å²) in [6, 6.07) is 9.06. The Balaban J connectivity index is 2.65. The number of nitrogens with one attached hydrogen (secondary N) is 1. The zero-order chi connectivity index (χ0) is 15.9. The van der Waals surface area contributed by atoms with Gasteiger partial charge in [-0.3, -0.25) is 9.69 Å². The van der Waals surface area contributed by atoms with Crippen molar-refractivity contribution in [1.82, 2.24) is 4.90 Å². The van der Waals surface area contributed by atoms with Crippen LogP contribution < -0.4 is 11.1 Å². The molecule has 3 N–H and O–H groups in total. The van der Waals surface area contributed by atoms with E-state index in [1.165, 1.54) is 0 Å². The number of nitriles is 1. The molecule has 5 nitrogen and oxygen atoms in total. The molecule has 0 aliphatic carbocycles. The summed E-state index contributed by atoms with van der Waals surface area (Å²) in [5.41, 5.74) is 6.73. The standard InChI is InChI=1S/C16H24N4O/c1-4-20(12-16(2,3)11-18)10-15(21)19-14-8-6-5-7-13(14)9-17/h5-8H,4,10-12,18H2,1-3H3,(H,19,21). The average Bonchev–Trinajstić information content (AvgIpc) is 2.46. The van der Waals surface area contributed by atoms with Crippen molar-refractivity contribution >= 4 is 11.6 Å². The van der Waals surface area contributed by atoms with E-state index in [9.17, 15) is 4.79 Å². The van der Waals surface area contributed by atoms with E-state index in [0.29, 0.717) is 24.3 Å². The van der Waals surface area contributed by atoms with E-state index in [1.807, 2.05) is 6.92 Å². The topological polar surface area (TPSA) is 82.2 Å². The second-order valence-electron chi connectivity index (χ2n) is 5.88. The van der Waals surface area contributed by atoms with Gasteiger partial charge in [-0.05, 0) is 30.6 Å². The minimum Gasteiger partial charge on any atom is -0.330 e. The highest BCUT2D eigenvalue weighted by atomic mass is 16.2. The van der Waals surface area contributed by atoms with Crippen LogP contribution in [-0.2, 0) is 4.79 Å². The normalized spacial score (nSPS) is 11.2. The number of nitrogens with zero attached hydrogens (tertiary/aromatic N) is 2. The first kappa shape index (κ1) is 17.2. The number of amides is 1. The summed E-state index contributed by atoms with van der Waals surface area (Å²) in [7, 11) is 0. The van der Waals surface area contributed by atoms with E-state index >= 15 is 0 Å². The molecule has 21 heavy (non-hydrogen) atoms. The van der Waals surface area contributed by atoms with Gasteiger partial charge in [-0.2, -0.15) is 5.26 Å². The number of rotatable bonds is 7. The monoisotopic (exact) mass is 288 g/mol. The summed E-state index contributed by atoms with van der Waals surface area (Å²) in [5.74, 6) is -0.118. The first-order chi connectivity index (χ1) is 9.91. The predicted molar refractivity (Wildman–Crippen MR) is 84.7 cm³/mol. The van der Waals surface area contributed by atoms with E-state index in [0.717, 1.165) is 13.1 Å². The van der Waals surface area contributed by atoms with Crippen molar-refractivity contribution in [2.45, 2.75) is 20.8 Å². The second kappa shape index (κ2) is 7.77. The number of likely N-dealkylation sites (N-methyl/N-ethyl adjacent to an activating group) is 1. The fourth-order valence-corrected chi connectivity index (χ4v) is 2.03.